The molecule has 0 aliphatic heterocycles. The van der Waals surface area contributed by atoms with Crippen LogP contribution in [0.3, 0.4) is 0 Å². The summed E-state index contributed by atoms with van der Waals surface area (Å²) in [6.07, 6.45) is 1.44. The summed E-state index contributed by atoms with van der Waals surface area (Å²) in [7, 11) is 0. The zero-order chi connectivity index (χ0) is 15.7. The first-order chi connectivity index (χ1) is 9.29. The average Bonchev–Trinajstić information content (AvgIpc) is 2.39. The molecule has 0 saturated carbocycles. The van der Waals surface area contributed by atoms with Crippen molar-refractivity contribution in [1.29, 1.82) is 0 Å². The van der Waals surface area contributed by atoms with Crippen LogP contribution in [0.25, 0.3) is 0 Å². The van der Waals surface area contributed by atoms with Crippen molar-refractivity contribution in [2.45, 2.75) is 45.2 Å². The summed E-state index contributed by atoms with van der Waals surface area (Å²) in [6, 6.07) is -1.69. The van der Waals surface area contributed by atoms with Crippen molar-refractivity contribution in [3.8, 4) is 0 Å². The summed E-state index contributed by atoms with van der Waals surface area (Å²) < 4.78 is 0. The summed E-state index contributed by atoms with van der Waals surface area (Å²) in [4.78, 5) is 26.7. The summed E-state index contributed by atoms with van der Waals surface area (Å²) in [5, 5.41) is 11.5. The van der Waals surface area contributed by atoms with Gasteiger partial charge in [0.1, 0.15) is 6.04 Å². The van der Waals surface area contributed by atoms with Crippen molar-refractivity contribution < 1.29 is 14.7 Å². The number of amides is 1. The first-order valence-corrected chi connectivity index (χ1v) is 6.63. The minimum atomic E-state index is -1.10. The lowest BCUT2D eigenvalue weighted by Crippen LogP contribution is -2.50. The molecular formula is C12H25N5O3. The molecule has 0 heterocycles. The molecule has 0 spiro atoms. The fourth-order valence-electron chi connectivity index (χ4n) is 1.54. The summed E-state index contributed by atoms with van der Waals surface area (Å²) >= 11 is 0. The van der Waals surface area contributed by atoms with Crippen LogP contribution in [0.4, 0.5) is 0 Å². The number of hydrogen-bond donors (Lipinski definition) is 5. The van der Waals surface area contributed by atoms with E-state index in [0.29, 0.717) is 13.0 Å². The van der Waals surface area contributed by atoms with Gasteiger partial charge in [-0.2, -0.15) is 0 Å². The Labute approximate surface area is 118 Å². The number of rotatable bonds is 9. The number of nitrogens with zero attached hydrogens (tertiary/aromatic N) is 1. The van der Waals surface area contributed by atoms with Crippen LogP contribution in [-0.4, -0.2) is 41.6 Å². The highest BCUT2D eigenvalue weighted by molar-refractivity contribution is 5.86. The molecule has 8 heteroatoms. The zero-order valence-corrected chi connectivity index (χ0v) is 12.0. The van der Waals surface area contributed by atoms with E-state index in [1.54, 1.807) is 0 Å². The molecule has 0 rings (SSSR count). The normalized spacial score (nSPS) is 14.9. The molecule has 116 valence electrons. The molecule has 0 bridgehead atoms. The van der Waals surface area contributed by atoms with Crippen molar-refractivity contribution in [1.82, 2.24) is 5.32 Å². The molecule has 0 saturated heterocycles. The number of carboxylic acid groups (broad SMARTS) is 1. The molecule has 0 aromatic heterocycles. The predicted octanol–water partition coefficient (Wildman–Crippen LogP) is -1.02. The van der Waals surface area contributed by atoms with Crippen molar-refractivity contribution in [2.75, 3.05) is 6.54 Å². The molecule has 8 N–H and O–H groups in total. The second-order valence-electron chi connectivity index (χ2n) is 4.76. The molecule has 1 amide bonds. The van der Waals surface area contributed by atoms with Crippen LogP contribution >= 0.6 is 0 Å². The van der Waals surface area contributed by atoms with E-state index in [9.17, 15) is 9.59 Å². The molecule has 0 aromatic rings. The number of nitrogens with two attached hydrogens (primary N) is 3. The lowest BCUT2D eigenvalue weighted by molar-refractivity contribution is -0.142. The van der Waals surface area contributed by atoms with Gasteiger partial charge in [-0.05, 0) is 18.8 Å². The molecular weight excluding hydrogens is 262 g/mol. The zero-order valence-electron chi connectivity index (χ0n) is 12.0. The van der Waals surface area contributed by atoms with Gasteiger partial charge in [0, 0.05) is 6.54 Å². The Hall–Kier alpha value is -1.83. The average molecular weight is 287 g/mol. The van der Waals surface area contributed by atoms with Gasteiger partial charge in [-0.25, -0.2) is 4.79 Å². The monoisotopic (exact) mass is 287 g/mol. The molecule has 0 fully saturated rings. The van der Waals surface area contributed by atoms with Crippen LogP contribution in [0.1, 0.15) is 33.1 Å². The van der Waals surface area contributed by atoms with Crippen LogP contribution in [-0.2, 0) is 9.59 Å². The lowest BCUT2D eigenvalue weighted by atomic mass is 9.99. The van der Waals surface area contributed by atoms with Crippen LogP contribution in [0, 0.1) is 5.92 Å². The van der Waals surface area contributed by atoms with Gasteiger partial charge in [0.2, 0.25) is 5.91 Å². The summed E-state index contributed by atoms with van der Waals surface area (Å²) in [5.41, 5.74) is 16.1. The maximum Gasteiger partial charge on any atom is 0.326 e. The van der Waals surface area contributed by atoms with E-state index in [4.69, 9.17) is 22.3 Å². The minimum Gasteiger partial charge on any atom is -0.480 e. The van der Waals surface area contributed by atoms with Crippen molar-refractivity contribution in [3.05, 3.63) is 0 Å². The Morgan fingerprint density at radius 1 is 1.35 bits per heavy atom. The highest BCUT2D eigenvalue weighted by Crippen LogP contribution is 2.06. The topological polar surface area (TPSA) is 157 Å². The molecule has 20 heavy (non-hydrogen) atoms. The Morgan fingerprint density at radius 3 is 2.40 bits per heavy atom. The third-order valence-corrected chi connectivity index (χ3v) is 3.12. The quantitative estimate of drug-likeness (QED) is 0.207. The lowest BCUT2D eigenvalue weighted by Gasteiger charge is -2.21. The largest absolute Gasteiger partial charge is 0.480 e. The van der Waals surface area contributed by atoms with E-state index < -0.39 is 24.0 Å². The van der Waals surface area contributed by atoms with Crippen molar-refractivity contribution in [2.24, 2.45) is 28.1 Å². The molecule has 0 radical (unpaired) electrons. The second-order valence-corrected chi connectivity index (χ2v) is 4.76. The van der Waals surface area contributed by atoms with E-state index in [1.165, 1.54) is 0 Å². The number of aliphatic imine (C=N–C) groups is 1. The number of carbonyl (C=O) groups excluding carboxylic acids is 1. The first kappa shape index (κ1) is 18.2. The van der Waals surface area contributed by atoms with Crippen LogP contribution in [0.5, 0.6) is 0 Å². The minimum absolute atomic E-state index is 0.00826. The van der Waals surface area contributed by atoms with E-state index in [2.05, 4.69) is 10.3 Å². The van der Waals surface area contributed by atoms with E-state index in [-0.39, 0.29) is 18.3 Å². The third-order valence-electron chi connectivity index (χ3n) is 3.12. The molecule has 0 aliphatic rings. The van der Waals surface area contributed by atoms with E-state index in [0.717, 1.165) is 6.42 Å². The van der Waals surface area contributed by atoms with E-state index in [1.807, 2.05) is 13.8 Å². The first-order valence-electron chi connectivity index (χ1n) is 6.63. The van der Waals surface area contributed by atoms with Gasteiger partial charge in [0.15, 0.2) is 5.96 Å². The Kier molecular flexibility index (Phi) is 8.30. The third kappa shape index (κ3) is 6.93. The van der Waals surface area contributed by atoms with Gasteiger partial charge in [0.05, 0.1) is 6.04 Å². The van der Waals surface area contributed by atoms with Gasteiger partial charge in [-0.1, -0.05) is 20.3 Å². The Balaban J connectivity index is 4.37. The maximum absolute atomic E-state index is 11.8. The van der Waals surface area contributed by atoms with Crippen LogP contribution in [0.2, 0.25) is 0 Å². The molecule has 0 aliphatic carbocycles. The molecule has 8 nitrogen and oxygen atoms in total. The van der Waals surface area contributed by atoms with Gasteiger partial charge < -0.3 is 27.6 Å². The highest BCUT2D eigenvalue weighted by Gasteiger charge is 2.25. The predicted molar refractivity (Wildman–Crippen MR) is 76.9 cm³/mol. The Bertz CT molecular complexity index is 355. The van der Waals surface area contributed by atoms with Gasteiger partial charge >= 0.3 is 5.97 Å². The van der Waals surface area contributed by atoms with Crippen molar-refractivity contribution in [3.63, 3.8) is 0 Å². The Morgan fingerprint density at radius 2 is 1.95 bits per heavy atom. The van der Waals surface area contributed by atoms with Gasteiger partial charge in [-0.15, -0.1) is 0 Å². The highest BCUT2D eigenvalue weighted by atomic mass is 16.4. The van der Waals surface area contributed by atoms with Gasteiger partial charge in [-0.3, -0.25) is 9.79 Å². The number of hydrogen-bond acceptors (Lipinski definition) is 4. The molecule has 3 atom stereocenters. The van der Waals surface area contributed by atoms with Gasteiger partial charge in [0.25, 0.3) is 0 Å². The smallest absolute Gasteiger partial charge is 0.326 e. The second kappa shape index (κ2) is 9.13. The summed E-state index contributed by atoms with van der Waals surface area (Å²) in [6.45, 7) is 4.08. The SMILES string of the molecule is CC[C@H](C)[C@H](N)C(=O)N[C@@H](CCCN=C(N)N)C(=O)O. The van der Waals surface area contributed by atoms with Crippen molar-refractivity contribution >= 4 is 17.8 Å². The standard InChI is InChI=1S/C12H25N5O3/c1-3-7(2)9(13)10(18)17-8(11(19)20)5-4-6-16-12(14)15/h7-9H,3-6,13H2,1-2H3,(H,17,18)(H,19,20)(H4,14,15,16)/t7-,8-,9-/m0/s1. The number of carboxylic acids is 1. The number of carbonyl (C=O) groups is 2. The molecule has 0 aromatic carbocycles. The number of nitrogens with one attached hydrogen (secondary N) is 1. The fraction of sp³-hybridized carbons (Fsp3) is 0.750. The summed E-state index contributed by atoms with van der Waals surface area (Å²) in [5.74, 6) is -1.60. The van der Waals surface area contributed by atoms with Crippen LogP contribution in [0.15, 0.2) is 4.99 Å². The maximum atomic E-state index is 11.8. The van der Waals surface area contributed by atoms with Crippen LogP contribution < -0.4 is 22.5 Å². The fourth-order valence-corrected chi connectivity index (χ4v) is 1.54. The molecule has 0 unspecified atom stereocenters. The number of aliphatic carboxylic acids is 1. The van der Waals surface area contributed by atoms with E-state index >= 15 is 0 Å². The number of guanidine groups is 1.